The van der Waals surface area contributed by atoms with E-state index in [0.717, 1.165) is 6.20 Å². The molecule has 1 aliphatic carbocycles. The van der Waals surface area contributed by atoms with Crippen LogP contribution in [0.4, 0.5) is 18.9 Å². The van der Waals surface area contributed by atoms with E-state index in [4.69, 9.17) is 0 Å². The standard InChI is InChI=1S/C21H22F3N3O4/c1-11(28)4-5-25-6-8-26(9-7-25)19-16(23)15(22)14-18(17(19)24)27(12-2-3-12)10-13(20(14)29)21(30)31/h10,12H,2-9H2,1H3,(H,30,31). The maximum Gasteiger partial charge on any atom is 0.341 e. The summed E-state index contributed by atoms with van der Waals surface area (Å²) < 4.78 is 46.9. The van der Waals surface area contributed by atoms with Crippen LogP contribution in [0.5, 0.6) is 0 Å². The average Bonchev–Trinajstić information content (AvgIpc) is 3.56. The van der Waals surface area contributed by atoms with E-state index in [1.54, 1.807) is 0 Å². The van der Waals surface area contributed by atoms with Gasteiger partial charge in [-0.1, -0.05) is 0 Å². The van der Waals surface area contributed by atoms with Gasteiger partial charge in [-0.25, -0.2) is 18.0 Å². The van der Waals surface area contributed by atoms with Gasteiger partial charge >= 0.3 is 5.97 Å². The number of aromatic nitrogens is 1. The highest BCUT2D eigenvalue weighted by molar-refractivity contribution is 5.94. The highest BCUT2D eigenvalue weighted by Crippen LogP contribution is 2.40. The predicted octanol–water partition coefficient (Wildman–Crippen LogP) is 2.55. The van der Waals surface area contributed by atoms with E-state index in [-0.39, 0.29) is 24.9 Å². The second-order valence-corrected chi connectivity index (χ2v) is 8.11. The second kappa shape index (κ2) is 7.99. The molecule has 4 rings (SSSR count). The Kier molecular flexibility index (Phi) is 5.50. The molecule has 1 aliphatic heterocycles. The molecule has 1 aromatic heterocycles. The topological polar surface area (TPSA) is 82.8 Å². The van der Waals surface area contributed by atoms with Crippen LogP contribution in [0.25, 0.3) is 10.9 Å². The first-order chi connectivity index (χ1) is 14.7. The van der Waals surface area contributed by atoms with Crippen LogP contribution in [0.3, 0.4) is 0 Å². The smallest absolute Gasteiger partial charge is 0.341 e. The van der Waals surface area contributed by atoms with Gasteiger partial charge in [0.25, 0.3) is 0 Å². The normalized spacial score (nSPS) is 17.4. The molecule has 166 valence electrons. The highest BCUT2D eigenvalue weighted by atomic mass is 19.2. The summed E-state index contributed by atoms with van der Waals surface area (Å²) in [6, 6.07) is -0.267. The monoisotopic (exact) mass is 437 g/mol. The third-order valence-corrected chi connectivity index (χ3v) is 5.91. The largest absolute Gasteiger partial charge is 0.477 e. The summed E-state index contributed by atoms with van der Waals surface area (Å²) in [7, 11) is 0. The predicted molar refractivity (Wildman–Crippen MR) is 107 cm³/mol. The minimum absolute atomic E-state index is 0.0508. The minimum atomic E-state index is -1.58. The fourth-order valence-corrected chi connectivity index (χ4v) is 4.06. The number of pyridine rings is 1. The van der Waals surface area contributed by atoms with E-state index in [9.17, 15) is 23.9 Å². The molecular formula is C21H22F3N3O4. The molecule has 10 heteroatoms. The molecular weight excluding hydrogens is 415 g/mol. The SMILES string of the molecule is CC(=O)CCN1CCN(c2c(F)c(F)c3c(=O)c(C(=O)O)cn(C4CC4)c3c2F)CC1. The van der Waals surface area contributed by atoms with Gasteiger partial charge in [0.15, 0.2) is 17.5 Å². The molecule has 7 nitrogen and oxygen atoms in total. The number of hydrogen-bond donors (Lipinski definition) is 1. The number of ketones is 1. The van der Waals surface area contributed by atoms with Crippen molar-refractivity contribution in [3.8, 4) is 0 Å². The average molecular weight is 437 g/mol. The Balaban J connectivity index is 1.79. The molecule has 0 bridgehead atoms. The van der Waals surface area contributed by atoms with Crippen LogP contribution >= 0.6 is 0 Å². The van der Waals surface area contributed by atoms with Crippen molar-refractivity contribution in [2.45, 2.75) is 32.2 Å². The van der Waals surface area contributed by atoms with Gasteiger partial charge in [0.05, 0.1) is 10.9 Å². The molecule has 1 aromatic carbocycles. The third-order valence-electron chi connectivity index (χ3n) is 5.91. The number of carboxylic acid groups (broad SMARTS) is 1. The fourth-order valence-electron chi connectivity index (χ4n) is 4.06. The lowest BCUT2D eigenvalue weighted by Gasteiger charge is -2.36. The number of Topliss-reactive ketones (excluding diaryl/α,β-unsaturated/α-hetero) is 1. The number of anilines is 1. The van der Waals surface area contributed by atoms with Gasteiger partial charge in [-0.3, -0.25) is 14.5 Å². The number of carbonyl (C=O) groups excluding carboxylic acids is 1. The van der Waals surface area contributed by atoms with Gasteiger partial charge < -0.3 is 14.6 Å². The summed E-state index contributed by atoms with van der Waals surface area (Å²) in [4.78, 5) is 38.5. The Hall–Kier alpha value is -2.88. The van der Waals surface area contributed by atoms with Crippen LogP contribution < -0.4 is 10.3 Å². The van der Waals surface area contributed by atoms with Crippen LogP contribution in [0, 0.1) is 17.5 Å². The Morgan fingerprint density at radius 2 is 1.71 bits per heavy atom. The molecule has 1 N–H and O–H groups in total. The molecule has 2 heterocycles. The van der Waals surface area contributed by atoms with Crippen molar-refractivity contribution in [2.24, 2.45) is 0 Å². The zero-order valence-electron chi connectivity index (χ0n) is 17.0. The van der Waals surface area contributed by atoms with Crippen LogP contribution in [-0.2, 0) is 4.79 Å². The lowest BCUT2D eigenvalue weighted by Crippen LogP contribution is -2.47. The van der Waals surface area contributed by atoms with Crippen molar-refractivity contribution in [1.29, 1.82) is 0 Å². The van der Waals surface area contributed by atoms with E-state index in [1.165, 1.54) is 16.4 Å². The van der Waals surface area contributed by atoms with Gasteiger partial charge in [0, 0.05) is 51.4 Å². The molecule has 1 saturated heterocycles. The summed E-state index contributed by atoms with van der Waals surface area (Å²) in [5, 5.41) is 8.42. The first-order valence-corrected chi connectivity index (χ1v) is 10.2. The van der Waals surface area contributed by atoms with E-state index in [0.29, 0.717) is 38.9 Å². The summed E-state index contributed by atoms with van der Waals surface area (Å²) in [6.07, 6.45) is 2.65. The van der Waals surface area contributed by atoms with Gasteiger partial charge in [0.1, 0.15) is 17.0 Å². The van der Waals surface area contributed by atoms with E-state index in [2.05, 4.69) is 0 Å². The number of aromatic carboxylic acids is 1. The number of rotatable bonds is 6. The van der Waals surface area contributed by atoms with Gasteiger partial charge in [0.2, 0.25) is 5.43 Å². The molecule has 2 aliphatic rings. The number of halogens is 3. The molecule has 0 amide bonds. The number of piperazine rings is 1. The molecule has 2 fully saturated rings. The van der Waals surface area contributed by atoms with Crippen molar-refractivity contribution in [3.63, 3.8) is 0 Å². The number of nitrogens with zero attached hydrogens (tertiary/aromatic N) is 3. The van der Waals surface area contributed by atoms with Crippen molar-refractivity contribution < 1.29 is 27.9 Å². The first-order valence-electron chi connectivity index (χ1n) is 10.2. The Morgan fingerprint density at radius 1 is 1.06 bits per heavy atom. The summed E-state index contributed by atoms with van der Waals surface area (Å²) in [5.74, 6) is -5.62. The Morgan fingerprint density at radius 3 is 2.26 bits per heavy atom. The number of carboxylic acids is 1. The molecule has 2 aromatic rings. The lowest BCUT2D eigenvalue weighted by molar-refractivity contribution is -0.117. The maximum atomic E-state index is 15.6. The number of fused-ring (bicyclic) bond motifs is 1. The van der Waals surface area contributed by atoms with Crippen molar-refractivity contribution in [1.82, 2.24) is 9.47 Å². The van der Waals surface area contributed by atoms with Crippen LogP contribution in [0.15, 0.2) is 11.0 Å². The number of carbonyl (C=O) groups is 2. The fraction of sp³-hybridized carbons (Fsp3) is 0.476. The summed E-state index contributed by atoms with van der Waals surface area (Å²) >= 11 is 0. The molecule has 1 saturated carbocycles. The van der Waals surface area contributed by atoms with Crippen molar-refractivity contribution in [3.05, 3.63) is 39.4 Å². The highest BCUT2D eigenvalue weighted by Gasteiger charge is 2.34. The molecule has 31 heavy (non-hydrogen) atoms. The second-order valence-electron chi connectivity index (χ2n) is 8.11. The zero-order valence-corrected chi connectivity index (χ0v) is 17.0. The summed E-state index contributed by atoms with van der Waals surface area (Å²) in [5.41, 5.74) is -2.90. The van der Waals surface area contributed by atoms with E-state index >= 15 is 8.78 Å². The van der Waals surface area contributed by atoms with Gasteiger partial charge in [-0.15, -0.1) is 0 Å². The maximum absolute atomic E-state index is 15.6. The molecule has 0 radical (unpaired) electrons. The minimum Gasteiger partial charge on any atom is -0.477 e. The van der Waals surface area contributed by atoms with E-state index < -0.39 is 51.0 Å². The summed E-state index contributed by atoms with van der Waals surface area (Å²) in [6.45, 7) is 3.36. The number of benzene rings is 1. The van der Waals surface area contributed by atoms with Gasteiger partial charge in [-0.05, 0) is 19.8 Å². The first kappa shape index (κ1) is 21.4. The van der Waals surface area contributed by atoms with Crippen molar-refractivity contribution >= 4 is 28.3 Å². The zero-order chi connectivity index (χ0) is 22.4. The Labute approximate surface area is 175 Å². The Bertz CT molecular complexity index is 1140. The molecule has 0 atom stereocenters. The molecule has 0 unspecified atom stereocenters. The molecule has 0 spiro atoms. The van der Waals surface area contributed by atoms with Crippen molar-refractivity contribution in [2.75, 3.05) is 37.6 Å². The third kappa shape index (κ3) is 3.80. The van der Waals surface area contributed by atoms with Gasteiger partial charge in [-0.2, -0.15) is 0 Å². The number of hydrogen-bond acceptors (Lipinski definition) is 5. The van der Waals surface area contributed by atoms with Crippen LogP contribution in [0.2, 0.25) is 0 Å². The lowest BCUT2D eigenvalue weighted by atomic mass is 10.1. The quantitative estimate of drug-likeness (QED) is 0.700. The van der Waals surface area contributed by atoms with E-state index in [1.807, 2.05) is 4.90 Å². The van der Waals surface area contributed by atoms with Crippen LogP contribution in [0.1, 0.15) is 42.6 Å². The van der Waals surface area contributed by atoms with Crippen LogP contribution in [-0.4, -0.2) is 59.0 Å².